The number of halogens is 1. The van der Waals surface area contributed by atoms with Crippen LogP contribution in [0.3, 0.4) is 0 Å². The second-order valence-corrected chi connectivity index (χ2v) is 13.0. The molecule has 0 fully saturated rings. The summed E-state index contributed by atoms with van der Waals surface area (Å²) < 4.78 is 17.5. The number of carbonyl (C=O) groups is 1. The van der Waals surface area contributed by atoms with Gasteiger partial charge in [-0.1, -0.05) is 19.6 Å². The minimum absolute atomic E-state index is 0.0565. The van der Waals surface area contributed by atoms with E-state index in [-0.39, 0.29) is 43.0 Å². The molecule has 0 aliphatic heterocycles. The molecular formula is C15H25BrN2O6Si. The molecule has 25 heavy (non-hydrogen) atoms. The molecule has 1 aromatic heterocycles. The molecule has 0 aromatic carbocycles. The monoisotopic (exact) mass is 436 g/mol. The fourth-order valence-electron chi connectivity index (χ4n) is 1.64. The molecule has 0 spiro atoms. The molecule has 10 heteroatoms. The van der Waals surface area contributed by atoms with Crippen LogP contribution in [0.25, 0.3) is 0 Å². The minimum Gasteiger partial charge on any atom is -0.488 e. The molecule has 1 aromatic rings. The van der Waals surface area contributed by atoms with Crippen LogP contribution in [0.5, 0.6) is 5.75 Å². The Bertz CT molecular complexity index is 617. The van der Waals surface area contributed by atoms with Gasteiger partial charge in [0, 0.05) is 14.7 Å². The quantitative estimate of drug-likeness (QED) is 0.395. The van der Waals surface area contributed by atoms with Crippen LogP contribution in [0.2, 0.25) is 25.7 Å². The summed E-state index contributed by atoms with van der Waals surface area (Å²) in [4.78, 5) is 22.5. The van der Waals surface area contributed by atoms with Gasteiger partial charge in [-0.3, -0.25) is 9.59 Å². The van der Waals surface area contributed by atoms with Gasteiger partial charge in [-0.25, -0.2) is 4.68 Å². The largest absolute Gasteiger partial charge is 0.488 e. The summed E-state index contributed by atoms with van der Waals surface area (Å²) in [6, 6.07) is 1.02. The molecule has 1 rings (SSSR count). The van der Waals surface area contributed by atoms with E-state index in [1.165, 1.54) is 10.9 Å². The highest BCUT2D eigenvalue weighted by Crippen LogP contribution is 2.18. The fourth-order valence-corrected chi connectivity index (χ4v) is 2.82. The summed E-state index contributed by atoms with van der Waals surface area (Å²) >= 11 is 3.21. The van der Waals surface area contributed by atoms with Crippen molar-refractivity contribution in [2.75, 3.05) is 26.4 Å². The van der Waals surface area contributed by atoms with Gasteiger partial charge in [0.05, 0.1) is 25.8 Å². The third-order valence-electron chi connectivity index (χ3n) is 3.11. The zero-order chi connectivity index (χ0) is 18.9. The first-order valence-electron chi connectivity index (χ1n) is 7.96. The third-order valence-corrected chi connectivity index (χ3v) is 5.54. The number of rotatable bonds is 12. The Morgan fingerprint density at radius 1 is 1.24 bits per heavy atom. The molecule has 0 radical (unpaired) electrons. The normalized spacial score (nSPS) is 11.5. The lowest BCUT2D eigenvalue weighted by Crippen LogP contribution is -2.27. The molecule has 142 valence electrons. The zero-order valence-corrected chi connectivity index (χ0v) is 17.4. The van der Waals surface area contributed by atoms with E-state index in [0.717, 1.165) is 6.04 Å². The van der Waals surface area contributed by atoms with Gasteiger partial charge in [-0.15, -0.1) is 0 Å². The van der Waals surface area contributed by atoms with Gasteiger partial charge >= 0.3 is 5.97 Å². The molecule has 0 saturated carbocycles. The van der Waals surface area contributed by atoms with Gasteiger partial charge in [0.15, 0.2) is 5.75 Å². The Hall–Kier alpha value is -1.23. The van der Waals surface area contributed by atoms with E-state index >= 15 is 0 Å². The molecule has 0 aliphatic rings. The molecule has 0 saturated heterocycles. The van der Waals surface area contributed by atoms with Crippen LogP contribution in [0.1, 0.15) is 6.42 Å². The molecule has 0 amide bonds. The predicted octanol–water partition coefficient (Wildman–Crippen LogP) is 2.19. The molecule has 1 heterocycles. The summed E-state index contributed by atoms with van der Waals surface area (Å²) in [6.45, 7) is 8.01. The van der Waals surface area contributed by atoms with Crippen molar-refractivity contribution in [3.05, 3.63) is 21.0 Å². The number of hydrogen-bond donors (Lipinski definition) is 1. The van der Waals surface area contributed by atoms with E-state index < -0.39 is 14.0 Å². The van der Waals surface area contributed by atoms with Gasteiger partial charge in [0.2, 0.25) is 0 Å². The number of nitrogens with zero attached hydrogens (tertiary/aromatic N) is 2. The SMILES string of the molecule is C[Si](C)(C)CCOCn1ncc(OCCOCCC(=O)O)c(Br)c1=O. The molecule has 0 bridgehead atoms. The standard InChI is InChI=1S/C15H25BrN2O6Si/c1-25(2,3)9-8-23-11-18-15(21)14(16)12(10-17-18)24-7-6-22-5-4-13(19)20/h10H,4-9,11H2,1-3H3,(H,19,20). The van der Waals surface area contributed by atoms with Crippen LogP contribution in [0, 0.1) is 0 Å². The second-order valence-electron chi connectivity index (χ2n) is 6.58. The van der Waals surface area contributed by atoms with Crippen molar-refractivity contribution in [3.8, 4) is 5.75 Å². The maximum Gasteiger partial charge on any atom is 0.305 e. The molecule has 0 aliphatic carbocycles. The van der Waals surface area contributed by atoms with Crippen molar-refractivity contribution in [1.82, 2.24) is 9.78 Å². The van der Waals surface area contributed by atoms with E-state index in [4.69, 9.17) is 19.3 Å². The smallest absolute Gasteiger partial charge is 0.305 e. The minimum atomic E-state index is -1.17. The predicted molar refractivity (Wildman–Crippen MR) is 98.9 cm³/mol. The van der Waals surface area contributed by atoms with Crippen LogP contribution in [-0.4, -0.2) is 55.4 Å². The van der Waals surface area contributed by atoms with Gasteiger partial charge in [0.25, 0.3) is 5.56 Å². The summed E-state index contributed by atoms with van der Waals surface area (Å²) in [6.07, 6.45) is 1.38. The van der Waals surface area contributed by atoms with Crippen LogP contribution in [-0.2, 0) is 21.0 Å². The molecule has 0 unspecified atom stereocenters. The lowest BCUT2D eigenvalue weighted by atomic mass is 10.5. The van der Waals surface area contributed by atoms with E-state index in [2.05, 4.69) is 40.7 Å². The summed E-state index contributed by atoms with van der Waals surface area (Å²) in [7, 11) is -1.17. The van der Waals surface area contributed by atoms with E-state index in [9.17, 15) is 9.59 Å². The number of ether oxygens (including phenoxy) is 3. The summed E-state index contributed by atoms with van der Waals surface area (Å²) in [5.41, 5.74) is -0.336. The lowest BCUT2D eigenvalue weighted by molar-refractivity contribution is -0.138. The van der Waals surface area contributed by atoms with Crippen molar-refractivity contribution in [2.45, 2.75) is 38.8 Å². The maximum atomic E-state index is 12.2. The van der Waals surface area contributed by atoms with Crippen LogP contribution in [0.4, 0.5) is 0 Å². The topological polar surface area (TPSA) is 99.9 Å². The molecule has 8 nitrogen and oxygen atoms in total. The highest BCUT2D eigenvalue weighted by Gasteiger charge is 2.13. The van der Waals surface area contributed by atoms with Gasteiger partial charge in [-0.2, -0.15) is 5.10 Å². The highest BCUT2D eigenvalue weighted by atomic mass is 79.9. The first-order chi connectivity index (χ1) is 11.7. The van der Waals surface area contributed by atoms with Crippen molar-refractivity contribution in [2.24, 2.45) is 0 Å². The Labute approximate surface area is 156 Å². The van der Waals surface area contributed by atoms with E-state index in [1.54, 1.807) is 0 Å². The van der Waals surface area contributed by atoms with Crippen LogP contribution < -0.4 is 10.3 Å². The summed E-state index contributed by atoms with van der Waals surface area (Å²) in [5, 5.41) is 12.5. The molecular weight excluding hydrogens is 412 g/mol. The first kappa shape index (κ1) is 21.8. The third kappa shape index (κ3) is 9.14. The number of aliphatic carboxylic acids is 1. The van der Waals surface area contributed by atoms with Crippen LogP contribution in [0.15, 0.2) is 15.5 Å². The zero-order valence-electron chi connectivity index (χ0n) is 14.8. The number of carboxylic acid groups (broad SMARTS) is 1. The van der Waals surface area contributed by atoms with Crippen molar-refractivity contribution >= 4 is 30.0 Å². The Morgan fingerprint density at radius 3 is 2.60 bits per heavy atom. The lowest BCUT2D eigenvalue weighted by Gasteiger charge is -2.15. The van der Waals surface area contributed by atoms with Crippen molar-refractivity contribution in [3.63, 3.8) is 0 Å². The van der Waals surface area contributed by atoms with Crippen LogP contribution >= 0.6 is 15.9 Å². The molecule has 1 N–H and O–H groups in total. The maximum absolute atomic E-state index is 12.2. The Balaban J connectivity index is 2.42. The fraction of sp³-hybridized carbons (Fsp3) is 0.667. The second kappa shape index (κ2) is 10.7. The average molecular weight is 437 g/mol. The van der Waals surface area contributed by atoms with Crippen molar-refractivity contribution in [1.29, 1.82) is 0 Å². The summed E-state index contributed by atoms with van der Waals surface area (Å²) in [5.74, 6) is -0.603. The van der Waals surface area contributed by atoms with Gasteiger partial charge in [-0.05, 0) is 22.0 Å². The number of aromatic nitrogens is 2. The Kier molecular flexibility index (Phi) is 9.32. The van der Waals surface area contributed by atoms with Crippen molar-refractivity contribution < 1.29 is 24.1 Å². The first-order valence-corrected chi connectivity index (χ1v) is 12.5. The number of hydrogen-bond acceptors (Lipinski definition) is 6. The highest BCUT2D eigenvalue weighted by molar-refractivity contribution is 9.10. The van der Waals surface area contributed by atoms with Gasteiger partial charge < -0.3 is 19.3 Å². The van der Waals surface area contributed by atoms with Gasteiger partial charge in [0.1, 0.15) is 17.8 Å². The van der Waals surface area contributed by atoms with E-state index in [0.29, 0.717) is 12.4 Å². The average Bonchev–Trinajstić information content (AvgIpc) is 2.51. The number of carboxylic acids is 1. The van der Waals surface area contributed by atoms with E-state index in [1.807, 2.05) is 0 Å². The Morgan fingerprint density at radius 2 is 1.96 bits per heavy atom. The molecule has 0 atom stereocenters.